The van der Waals surface area contributed by atoms with Crippen LogP contribution in [0.4, 0.5) is 10.5 Å². The number of pyridine rings is 1. The fourth-order valence-corrected chi connectivity index (χ4v) is 5.65. The SMILES string of the molecule is Cc1cc(-n2c(C)ccc2C)ncc1N1CCN(C(=O)OC(C)(C)C)[C@@H](C(C)(C)O[SiH2]C(C)(C)C)C1. The summed E-state index contributed by atoms with van der Waals surface area (Å²) in [4.78, 5) is 22.3. The summed E-state index contributed by atoms with van der Waals surface area (Å²) in [6.45, 7) is 24.9. The van der Waals surface area contributed by atoms with Crippen LogP contribution in [0.3, 0.4) is 0 Å². The van der Waals surface area contributed by atoms with Crippen LogP contribution >= 0.6 is 0 Å². The molecule has 0 aromatic carbocycles. The third kappa shape index (κ3) is 6.71. The van der Waals surface area contributed by atoms with Crippen molar-refractivity contribution >= 4 is 21.5 Å². The first kappa shape index (κ1) is 28.3. The summed E-state index contributed by atoms with van der Waals surface area (Å²) in [7, 11) is -0.818. The van der Waals surface area contributed by atoms with E-state index in [9.17, 15) is 4.79 Å². The lowest BCUT2D eigenvalue weighted by Gasteiger charge is -2.49. The summed E-state index contributed by atoms with van der Waals surface area (Å²) >= 11 is 0. The highest BCUT2D eigenvalue weighted by Gasteiger charge is 2.43. The lowest BCUT2D eigenvalue weighted by molar-refractivity contribution is -0.0296. The maximum absolute atomic E-state index is 13.2. The predicted molar refractivity (Wildman–Crippen MR) is 150 cm³/mol. The molecule has 0 N–H and O–H groups in total. The van der Waals surface area contributed by atoms with Gasteiger partial charge in [-0.2, -0.15) is 0 Å². The molecule has 2 aromatic rings. The van der Waals surface area contributed by atoms with E-state index < -0.39 is 21.0 Å². The van der Waals surface area contributed by atoms with E-state index in [0.717, 1.165) is 11.5 Å². The first-order chi connectivity index (χ1) is 16.5. The minimum atomic E-state index is -0.818. The number of ether oxygens (including phenoxy) is 1. The van der Waals surface area contributed by atoms with Crippen molar-refractivity contribution in [1.29, 1.82) is 0 Å². The van der Waals surface area contributed by atoms with Crippen molar-refractivity contribution in [2.75, 3.05) is 24.5 Å². The topological polar surface area (TPSA) is 59.8 Å². The number of aromatic nitrogens is 2. The van der Waals surface area contributed by atoms with E-state index >= 15 is 0 Å². The fourth-order valence-electron chi connectivity index (χ4n) is 4.65. The lowest BCUT2D eigenvalue weighted by atomic mass is 9.94. The molecule has 0 unspecified atom stereocenters. The molecule has 0 aliphatic carbocycles. The summed E-state index contributed by atoms with van der Waals surface area (Å²) in [5, 5.41) is 0.160. The van der Waals surface area contributed by atoms with Gasteiger partial charge in [0.1, 0.15) is 11.4 Å². The highest BCUT2D eigenvalue weighted by Crippen LogP contribution is 2.32. The largest absolute Gasteiger partial charge is 0.444 e. The monoisotopic (exact) mass is 514 g/mol. The van der Waals surface area contributed by atoms with E-state index in [1.807, 2.05) is 31.9 Å². The average molecular weight is 515 g/mol. The van der Waals surface area contributed by atoms with Gasteiger partial charge in [-0.1, -0.05) is 20.8 Å². The summed E-state index contributed by atoms with van der Waals surface area (Å²) in [6, 6.07) is 6.23. The van der Waals surface area contributed by atoms with Gasteiger partial charge in [-0.05, 0) is 84.2 Å². The number of hydrogen-bond acceptors (Lipinski definition) is 5. The molecule has 7 nitrogen and oxygen atoms in total. The molecule has 1 fully saturated rings. The van der Waals surface area contributed by atoms with Crippen LogP contribution in [0.25, 0.3) is 5.82 Å². The van der Waals surface area contributed by atoms with Gasteiger partial charge in [0.05, 0.1) is 23.5 Å². The molecule has 1 aliphatic heterocycles. The first-order valence-electron chi connectivity index (χ1n) is 13.0. The number of aryl methyl sites for hydroxylation is 3. The molecule has 0 bridgehead atoms. The third-order valence-electron chi connectivity index (χ3n) is 6.60. The molecule has 2 aromatic heterocycles. The number of nitrogens with zero attached hydrogens (tertiary/aromatic N) is 4. The number of piperazine rings is 1. The van der Waals surface area contributed by atoms with E-state index in [0.29, 0.717) is 19.6 Å². The fraction of sp³-hybridized carbons (Fsp3) is 0.643. The van der Waals surface area contributed by atoms with Crippen LogP contribution in [-0.4, -0.2) is 67.2 Å². The van der Waals surface area contributed by atoms with Crippen molar-refractivity contribution in [3.8, 4) is 5.82 Å². The first-order valence-corrected chi connectivity index (χ1v) is 14.3. The van der Waals surface area contributed by atoms with Crippen LogP contribution in [-0.2, 0) is 9.16 Å². The quantitative estimate of drug-likeness (QED) is 0.506. The Bertz CT molecular complexity index is 1060. The van der Waals surface area contributed by atoms with Crippen molar-refractivity contribution in [2.45, 2.75) is 98.4 Å². The Labute approximate surface area is 220 Å². The van der Waals surface area contributed by atoms with Crippen LogP contribution in [0.5, 0.6) is 0 Å². The molecule has 0 radical (unpaired) electrons. The van der Waals surface area contributed by atoms with Crippen molar-refractivity contribution in [2.24, 2.45) is 0 Å². The number of anilines is 1. The minimum absolute atomic E-state index is 0.149. The lowest BCUT2D eigenvalue weighted by Crippen LogP contribution is -2.64. The second-order valence-electron chi connectivity index (χ2n) is 12.9. The summed E-state index contributed by atoms with van der Waals surface area (Å²) in [5.74, 6) is 0.931. The molecule has 3 heterocycles. The van der Waals surface area contributed by atoms with E-state index in [2.05, 4.69) is 83.1 Å². The van der Waals surface area contributed by atoms with Gasteiger partial charge >= 0.3 is 6.09 Å². The Morgan fingerprint density at radius 3 is 2.14 bits per heavy atom. The van der Waals surface area contributed by atoms with Crippen LogP contribution in [0.2, 0.25) is 5.04 Å². The molecule has 36 heavy (non-hydrogen) atoms. The molecule has 8 heteroatoms. The molecular weight excluding hydrogens is 468 g/mol. The van der Waals surface area contributed by atoms with Crippen molar-refractivity contribution in [1.82, 2.24) is 14.5 Å². The Balaban J connectivity index is 1.90. The number of hydrogen-bond donors (Lipinski definition) is 0. The van der Waals surface area contributed by atoms with Crippen LogP contribution in [0.15, 0.2) is 24.4 Å². The zero-order valence-electron chi connectivity index (χ0n) is 24.2. The van der Waals surface area contributed by atoms with Gasteiger partial charge in [-0.25, -0.2) is 9.78 Å². The van der Waals surface area contributed by atoms with Gasteiger partial charge in [0.2, 0.25) is 0 Å². The van der Waals surface area contributed by atoms with Gasteiger partial charge in [-0.15, -0.1) is 0 Å². The Morgan fingerprint density at radius 1 is 1.00 bits per heavy atom. The maximum atomic E-state index is 13.2. The number of amides is 1. The predicted octanol–water partition coefficient (Wildman–Crippen LogP) is 5.32. The number of rotatable bonds is 5. The second kappa shape index (κ2) is 10.2. The van der Waals surface area contributed by atoms with Gasteiger partial charge in [0, 0.05) is 31.0 Å². The molecule has 3 rings (SSSR count). The molecule has 1 saturated heterocycles. The van der Waals surface area contributed by atoms with Crippen molar-refractivity contribution in [3.05, 3.63) is 41.3 Å². The van der Waals surface area contributed by atoms with Gasteiger partial charge in [-0.3, -0.25) is 4.90 Å². The number of carbonyl (C=O) groups is 1. The van der Waals surface area contributed by atoms with Gasteiger partial charge < -0.3 is 18.6 Å². The Kier molecular flexibility index (Phi) is 8.01. The van der Waals surface area contributed by atoms with E-state index in [1.54, 1.807) is 0 Å². The highest BCUT2D eigenvalue weighted by atomic mass is 28.2. The van der Waals surface area contributed by atoms with E-state index in [-0.39, 0.29) is 17.2 Å². The molecule has 200 valence electrons. The Hall–Kier alpha value is -2.32. The van der Waals surface area contributed by atoms with Crippen molar-refractivity contribution in [3.63, 3.8) is 0 Å². The molecule has 0 spiro atoms. The molecule has 1 amide bonds. The van der Waals surface area contributed by atoms with E-state index in [4.69, 9.17) is 14.1 Å². The highest BCUT2D eigenvalue weighted by molar-refractivity contribution is 6.31. The standard InChI is InChI=1S/C28H46N4O3Si/c1-19-16-24(32-20(2)12-13-21(32)3)29-17-22(19)30-14-15-31(25(33)34-26(4,5)6)23(18-30)28(10,11)35-36-27(7,8)9/h12-13,16-17,23H,14-15,18,36H2,1-11H3/t23-/m1/s1. The Morgan fingerprint density at radius 2 is 1.61 bits per heavy atom. The summed E-state index contributed by atoms with van der Waals surface area (Å²) in [5.41, 5.74) is 3.55. The minimum Gasteiger partial charge on any atom is -0.444 e. The van der Waals surface area contributed by atoms with E-state index in [1.165, 1.54) is 17.0 Å². The third-order valence-corrected chi connectivity index (χ3v) is 8.35. The van der Waals surface area contributed by atoms with Crippen LogP contribution in [0, 0.1) is 20.8 Å². The van der Waals surface area contributed by atoms with Gasteiger partial charge in [0.25, 0.3) is 0 Å². The molecular formula is C28H46N4O3Si. The molecule has 0 saturated carbocycles. The maximum Gasteiger partial charge on any atom is 0.410 e. The number of carbonyl (C=O) groups excluding carboxylic acids is 1. The summed E-state index contributed by atoms with van der Waals surface area (Å²) in [6.07, 6.45) is 1.70. The average Bonchev–Trinajstić information content (AvgIpc) is 3.08. The molecule has 1 atom stereocenters. The van der Waals surface area contributed by atoms with Crippen LogP contribution in [0.1, 0.15) is 72.3 Å². The second-order valence-corrected chi connectivity index (χ2v) is 15.6. The zero-order chi connectivity index (χ0) is 27.1. The smallest absolute Gasteiger partial charge is 0.410 e. The normalized spacial score (nSPS) is 17.8. The van der Waals surface area contributed by atoms with Crippen LogP contribution < -0.4 is 4.90 Å². The zero-order valence-corrected chi connectivity index (χ0v) is 25.6. The van der Waals surface area contributed by atoms with Gasteiger partial charge in [0.15, 0.2) is 9.76 Å². The summed E-state index contributed by atoms with van der Waals surface area (Å²) < 4.78 is 14.6. The van der Waals surface area contributed by atoms with Crippen molar-refractivity contribution < 1.29 is 14.0 Å². The molecule has 1 aliphatic rings.